The molecule has 0 aliphatic rings. The van der Waals surface area contributed by atoms with E-state index in [4.69, 9.17) is 0 Å². The molecule has 0 aliphatic heterocycles. The van der Waals surface area contributed by atoms with Crippen molar-refractivity contribution in [3.05, 3.63) is 213 Å². The van der Waals surface area contributed by atoms with Gasteiger partial charge < -0.3 is 0 Å². The van der Waals surface area contributed by atoms with Gasteiger partial charge in [0.05, 0.1) is 0 Å². The third-order valence-electron chi connectivity index (χ3n) is 12.3. The Morgan fingerprint density at radius 3 is 1.30 bits per heavy atom. The number of benzene rings is 4. The van der Waals surface area contributed by atoms with Crippen molar-refractivity contribution in [1.82, 2.24) is 0 Å². The van der Waals surface area contributed by atoms with Crippen LogP contribution in [0.4, 0.5) is 0 Å². The van der Waals surface area contributed by atoms with Crippen molar-refractivity contribution < 1.29 is 18.3 Å². The maximum atomic E-state index is 2.26. The zero-order chi connectivity index (χ0) is 46.0. The Kier molecular flexibility index (Phi) is 16.2. The van der Waals surface area contributed by atoms with Crippen molar-refractivity contribution in [2.24, 2.45) is 28.2 Å². The average Bonchev–Trinajstić information content (AvgIpc) is 3.24. The van der Waals surface area contributed by atoms with Crippen LogP contribution < -0.4 is 18.3 Å². The first kappa shape index (κ1) is 47.5. The van der Waals surface area contributed by atoms with E-state index in [2.05, 4.69) is 275 Å². The van der Waals surface area contributed by atoms with E-state index in [0.29, 0.717) is 0 Å². The number of nitrogens with zero attached hydrogens (tertiary/aromatic N) is 4. The first-order valence-electron chi connectivity index (χ1n) is 22.1. The molecule has 0 atom stereocenters. The lowest BCUT2D eigenvalue weighted by atomic mass is 9.99. The first-order valence-corrected chi connectivity index (χ1v) is 22.1. The van der Waals surface area contributed by atoms with E-state index in [1.165, 1.54) is 106 Å². The molecule has 4 aromatic carbocycles. The van der Waals surface area contributed by atoms with Crippen LogP contribution in [-0.4, -0.2) is 0 Å². The molecule has 0 radical (unpaired) electrons. The summed E-state index contributed by atoms with van der Waals surface area (Å²) in [5, 5.41) is 0. The minimum atomic E-state index is 1.27. The predicted molar refractivity (Wildman–Crippen MR) is 264 cm³/mol. The molecule has 0 saturated heterocycles. The molecule has 0 amide bonds. The normalized spacial score (nSPS) is 10.5. The summed E-state index contributed by atoms with van der Waals surface area (Å²) in [7, 11) is 8.43. The molecule has 0 fully saturated rings. The quantitative estimate of drug-likeness (QED) is 0.157. The molecule has 0 N–H and O–H groups in total. The predicted octanol–water partition coefficient (Wildman–Crippen LogP) is 12.1. The molecule has 4 nitrogen and oxygen atoms in total. The van der Waals surface area contributed by atoms with Gasteiger partial charge in [0, 0.05) is 75.7 Å². The standard InChI is InChI=1S/3C15H18N.C14H16N/c1-11-9-13(3)15(16(4)10-11)14-8-6-5-7-12(14)2;1-11-7-5-6-8-14(11)15-9-12(2)13(3)10-16(15)4;1-11-9-10-16(4)15(13(11)3)14-8-6-5-7-12(14)2;1-11-7-4-5-9-13(11)14-10-6-8-12(2)15(14)3/h3*5-10H,1-4H3;4-10H,1-3H3/q4*+1. The van der Waals surface area contributed by atoms with Crippen LogP contribution >= 0.6 is 0 Å². The largest absolute Gasteiger partial charge is 0.215 e. The number of hydrogen-bond donors (Lipinski definition) is 0. The topological polar surface area (TPSA) is 15.5 Å². The Morgan fingerprint density at radius 2 is 0.794 bits per heavy atom. The highest BCUT2D eigenvalue weighted by Crippen LogP contribution is 2.26. The number of aromatic nitrogens is 4. The van der Waals surface area contributed by atoms with Crippen LogP contribution in [0.1, 0.15) is 61.3 Å². The number of aryl methyl sites for hydroxylation is 13. The Balaban J connectivity index is 0.000000158. The smallest absolute Gasteiger partial charge is 0.201 e. The Morgan fingerprint density at radius 1 is 0.317 bits per heavy atom. The lowest BCUT2D eigenvalue weighted by Gasteiger charge is -2.08. The molecule has 8 rings (SSSR count). The zero-order valence-corrected chi connectivity index (χ0v) is 40.7. The summed E-state index contributed by atoms with van der Waals surface area (Å²) in [4.78, 5) is 0. The van der Waals surface area contributed by atoms with E-state index in [-0.39, 0.29) is 0 Å². The van der Waals surface area contributed by atoms with E-state index < -0.39 is 0 Å². The average molecular weight is 835 g/mol. The van der Waals surface area contributed by atoms with Crippen LogP contribution in [0, 0.1) is 76.2 Å². The van der Waals surface area contributed by atoms with Crippen molar-refractivity contribution >= 4 is 0 Å². The van der Waals surface area contributed by atoms with Crippen LogP contribution in [-0.2, 0) is 28.2 Å². The van der Waals surface area contributed by atoms with E-state index in [0.717, 1.165) is 0 Å². The molecule has 4 aromatic heterocycles. The summed E-state index contributed by atoms with van der Waals surface area (Å²) >= 11 is 0. The molecular formula is C59H70N4+4. The zero-order valence-electron chi connectivity index (χ0n) is 40.7. The Hall–Kier alpha value is -6.52. The van der Waals surface area contributed by atoms with Crippen LogP contribution in [0.2, 0.25) is 0 Å². The molecule has 0 bridgehead atoms. The summed E-state index contributed by atoms with van der Waals surface area (Å²) in [6.07, 6.45) is 6.50. The molecule has 8 aromatic rings. The van der Waals surface area contributed by atoms with Crippen LogP contribution in [0.15, 0.2) is 152 Å². The van der Waals surface area contributed by atoms with Gasteiger partial charge in [0.1, 0.15) is 28.2 Å². The molecule has 4 heterocycles. The molecule has 4 heteroatoms. The molecular weight excluding hydrogens is 765 g/mol. The molecule has 63 heavy (non-hydrogen) atoms. The number of rotatable bonds is 4. The van der Waals surface area contributed by atoms with Crippen molar-refractivity contribution in [1.29, 1.82) is 0 Å². The maximum absolute atomic E-state index is 2.26. The van der Waals surface area contributed by atoms with Gasteiger partial charge in [-0.25, -0.2) is 13.7 Å². The van der Waals surface area contributed by atoms with Crippen molar-refractivity contribution in [2.45, 2.75) is 76.2 Å². The Bertz CT molecular complexity index is 2820. The summed E-state index contributed by atoms with van der Waals surface area (Å²) in [6.45, 7) is 23.7. The summed E-state index contributed by atoms with van der Waals surface area (Å²) in [6, 6.07) is 47.1. The van der Waals surface area contributed by atoms with Gasteiger partial charge in [-0.15, -0.1) is 0 Å². The first-order chi connectivity index (χ1) is 30.0. The van der Waals surface area contributed by atoms with E-state index in [1.54, 1.807) is 0 Å². The van der Waals surface area contributed by atoms with Crippen LogP contribution in [0.25, 0.3) is 45.0 Å². The molecule has 322 valence electrons. The SMILES string of the molecule is Cc1cc(-c2ccccc2C)[n+](C)cc1C.Cc1cc(C)c(-c2ccccc2C)[n+](C)c1.Cc1ccccc1-c1c(C)c(C)cc[n+]1C.Cc1ccccc1-c1cccc(C)[n+]1C. The maximum Gasteiger partial charge on any atom is 0.215 e. The monoisotopic (exact) mass is 835 g/mol. The van der Waals surface area contributed by atoms with Gasteiger partial charge in [-0.1, -0.05) is 72.8 Å². The molecule has 0 spiro atoms. The molecule has 0 saturated carbocycles. The third-order valence-corrected chi connectivity index (χ3v) is 12.3. The third kappa shape index (κ3) is 11.7. The van der Waals surface area contributed by atoms with Crippen molar-refractivity contribution in [3.8, 4) is 45.0 Å². The fourth-order valence-corrected chi connectivity index (χ4v) is 8.27. The van der Waals surface area contributed by atoms with Gasteiger partial charge in [0.15, 0.2) is 24.3 Å². The highest BCUT2D eigenvalue weighted by molar-refractivity contribution is 5.66. The van der Waals surface area contributed by atoms with Crippen molar-refractivity contribution in [3.63, 3.8) is 0 Å². The van der Waals surface area contributed by atoms with Gasteiger partial charge in [-0.05, 0) is 139 Å². The highest BCUT2D eigenvalue weighted by atomic mass is 14.9. The van der Waals surface area contributed by atoms with E-state index in [1.807, 2.05) is 0 Å². The highest BCUT2D eigenvalue weighted by Gasteiger charge is 2.18. The second kappa shape index (κ2) is 21.5. The van der Waals surface area contributed by atoms with Gasteiger partial charge in [0.2, 0.25) is 22.8 Å². The Labute approximate surface area is 379 Å². The van der Waals surface area contributed by atoms with E-state index >= 15 is 0 Å². The lowest BCUT2D eigenvalue weighted by Crippen LogP contribution is -2.34. The number of hydrogen-bond acceptors (Lipinski definition) is 0. The second-order valence-corrected chi connectivity index (χ2v) is 17.2. The van der Waals surface area contributed by atoms with Crippen LogP contribution in [0.5, 0.6) is 0 Å². The minimum absolute atomic E-state index is 1.27. The number of pyridine rings is 4. The minimum Gasteiger partial charge on any atom is -0.201 e. The molecule has 0 unspecified atom stereocenters. The summed E-state index contributed by atoms with van der Waals surface area (Å²) in [5.74, 6) is 0. The van der Waals surface area contributed by atoms with Gasteiger partial charge in [-0.3, -0.25) is 0 Å². The van der Waals surface area contributed by atoms with Crippen LogP contribution in [0.3, 0.4) is 0 Å². The summed E-state index contributed by atoms with van der Waals surface area (Å²) < 4.78 is 8.84. The fraction of sp³-hybridized carbons (Fsp3) is 0.254. The van der Waals surface area contributed by atoms with Crippen molar-refractivity contribution in [2.75, 3.05) is 0 Å². The van der Waals surface area contributed by atoms with Gasteiger partial charge in [0.25, 0.3) is 0 Å². The van der Waals surface area contributed by atoms with Gasteiger partial charge in [-0.2, -0.15) is 4.57 Å². The lowest BCUT2D eigenvalue weighted by molar-refractivity contribution is -0.666. The molecule has 0 aliphatic carbocycles. The second-order valence-electron chi connectivity index (χ2n) is 17.2. The van der Waals surface area contributed by atoms with E-state index in [9.17, 15) is 0 Å². The summed E-state index contributed by atoms with van der Waals surface area (Å²) in [5.41, 5.74) is 25.0. The van der Waals surface area contributed by atoms with Gasteiger partial charge >= 0.3 is 0 Å². The fourth-order valence-electron chi connectivity index (χ4n) is 8.27.